The minimum Gasteiger partial charge on any atom is -0.345 e. The van der Waals surface area contributed by atoms with Crippen molar-refractivity contribution in [2.45, 2.75) is 33.1 Å². The van der Waals surface area contributed by atoms with Crippen LogP contribution < -0.4 is 5.32 Å². The number of hydrogen-bond acceptors (Lipinski definition) is 3. The normalized spacial score (nSPS) is 26.8. The van der Waals surface area contributed by atoms with Gasteiger partial charge in [0.05, 0.1) is 5.41 Å². The molecule has 29 heavy (non-hydrogen) atoms. The molecular weight excluding hydrogens is 364 g/mol. The number of carbonyl (C=O) groups excluding carboxylic acids is 2. The van der Waals surface area contributed by atoms with Crippen LogP contribution in [-0.2, 0) is 4.79 Å². The van der Waals surface area contributed by atoms with Gasteiger partial charge in [0.1, 0.15) is 0 Å². The van der Waals surface area contributed by atoms with Crippen LogP contribution in [0.2, 0.25) is 0 Å². The Labute approximate surface area is 174 Å². The molecule has 4 rings (SSSR count). The number of hydrogen-bond donors (Lipinski definition) is 1. The van der Waals surface area contributed by atoms with Crippen LogP contribution in [0.1, 0.15) is 33.1 Å². The van der Waals surface area contributed by atoms with Gasteiger partial charge in [0.25, 0.3) is 0 Å². The summed E-state index contributed by atoms with van der Waals surface area (Å²) in [6.45, 7) is 9.68. The summed E-state index contributed by atoms with van der Waals surface area (Å²) < 4.78 is 0. The Morgan fingerprint density at radius 2 is 1.76 bits per heavy atom. The maximum absolute atomic E-state index is 13.3. The smallest absolute Gasteiger partial charge is 0.321 e. The molecular formula is C23H34N4O2. The Morgan fingerprint density at radius 1 is 1.07 bits per heavy atom. The molecule has 3 saturated heterocycles. The molecule has 0 aliphatic carbocycles. The van der Waals surface area contributed by atoms with E-state index in [9.17, 15) is 9.59 Å². The zero-order valence-electron chi connectivity index (χ0n) is 18.0. The molecule has 0 radical (unpaired) electrons. The van der Waals surface area contributed by atoms with Gasteiger partial charge in [-0.05, 0) is 37.3 Å². The monoisotopic (exact) mass is 398 g/mol. The van der Waals surface area contributed by atoms with Crippen molar-refractivity contribution in [3.8, 4) is 0 Å². The number of rotatable bonds is 3. The van der Waals surface area contributed by atoms with Crippen LogP contribution in [0.5, 0.6) is 0 Å². The lowest BCUT2D eigenvalue weighted by molar-refractivity contribution is -0.141. The van der Waals surface area contributed by atoms with E-state index in [1.165, 1.54) is 0 Å². The highest BCUT2D eigenvalue weighted by Gasteiger charge is 2.64. The second-order valence-electron chi connectivity index (χ2n) is 9.69. The number of carbonyl (C=O) groups is 2. The van der Waals surface area contributed by atoms with Crippen LogP contribution in [0.25, 0.3) is 0 Å². The van der Waals surface area contributed by atoms with E-state index in [4.69, 9.17) is 0 Å². The van der Waals surface area contributed by atoms with Crippen LogP contribution in [-0.4, -0.2) is 73.0 Å². The number of para-hydroxylation sites is 1. The summed E-state index contributed by atoms with van der Waals surface area (Å²) in [5, 5.41) is 3.00. The lowest BCUT2D eigenvalue weighted by atomic mass is 9.60. The number of likely N-dealkylation sites (tertiary alicyclic amines) is 3. The molecule has 3 amide bonds. The Hall–Kier alpha value is -2.08. The second-order valence-corrected chi connectivity index (χ2v) is 9.69. The summed E-state index contributed by atoms with van der Waals surface area (Å²) in [7, 11) is 1.94. The van der Waals surface area contributed by atoms with E-state index in [-0.39, 0.29) is 16.9 Å². The zero-order chi connectivity index (χ0) is 20.6. The summed E-state index contributed by atoms with van der Waals surface area (Å²) in [4.78, 5) is 32.4. The van der Waals surface area contributed by atoms with Crippen molar-refractivity contribution in [2.24, 2.45) is 16.7 Å². The van der Waals surface area contributed by atoms with Gasteiger partial charge in [-0.1, -0.05) is 32.0 Å². The van der Waals surface area contributed by atoms with Crippen molar-refractivity contribution in [2.75, 3.05) is 51.6 Å². The van der Waals surface area contributed by atoms with Gasteiger partial charge in [-0.15, -0.1) is 0 Å². The molecule has 1 atom stereocenters. The predicted octanol–water partition coefficient (Wildman–Crippen LogP) is 3.12. The number of anilines is 1. The molecule has 3 aliphatic rings. The van der Waals surface area contributed by atoms with Gasteiger partial charge < -0.3 is 20.0 Å². The first-order chi connectivity index (χ1) is 13.9. The van der Waals surface area contributed by atoms with Crippen LogP contribution in [0.15, 0.2) is 30.3 Å². The zero-order valence-corrected chi connectivity index (χ0v) is 18.0. The van der Waals surface area contributed by atoms with Crippen LogP contribution >= 0.6 is 0 Å². The molecule has 2 spiro atoms. The summed E-state index contributed by atoms with van der Waals surface area (Å²) in [5.41, 5.74) is 0.553. The Bertz CT molecular complexity index is 757. The Balaban J connectivity index is 1.48. The van der Waals surface area contributed by atoms with Crippen molar-refractivity contribution in [1.82, 2.24) is 14.7 Å². The van der Waals surface area contributed by atoms with Gasteiger partial charge in [0, 0.05) is 57.4 Å². The van der Waals surface area contributed by atoms with Gasteiger partial charge in [-0.2, -0.15) is 0 Å². The molecule has 6 nitrogen and oxygen atoms in total. The summed E-state index contributed by atoms with van der Waals surface area (Å²) in [6.07, 6.45) is 2.76. The quantitative estimate of drug-likeness (QED) is 0.851. The number of nitrogens with zero attached hydrogens (tertiary/aromatic N) is 3. The lowest BCUT2D eigenvalue weighted by Crippen LogP contribution is -2.54. The number of fused-ring (bicyclic) bond motifs is 1. The van der Waals surface area contributed by atoms with Crippen LogP contribution in [0.3, 0.4) is 0 Å². The molecule has 1 aromatic rings. The SMILES string of the molecule is CC(C)CN1CC2(CCN(C(=O)Nc3ccccc3)CC2)C2(CCN(C)C2=O)C1. The standard InChI is InChI=1S/C23H34N4O2/c1-18(2)15-26-16-22(23(17-26)11-12-25(3)20(23)28)9-13-27(14-10-22)21(29)24-19-7-5-4-6-8-19/h4-8,18H,9-17H2,1-3H3,(H,24,29). The number of piperidine rings is 1. The first kappa shape index (κ1) is 20.2. The Kier molecular flexibility index (Phi) is 5.32. The van der Waals surface area contributed by atoms with Crippen molar-refractivity contribution < 1.29 is 9.59 Å². The van der Waals surface area contributed by atoms with E-state index in [0.717, 1.165) is 51.1 Å². The molecule has 158 valence electrons. The number of amides is 3. The molecule has 1 unspecified atom stereocenters. The Morgan fingerprint density at radius 3 is 2.34 bits per heavy atom. The van der Waals surface area contributed by atoms with E-state index >= 15 is 0 Å². The first-order valence-electron chi connectivity index (χ1n) is 10.9. The van der Waals surface area contributed by atoms with E-state index in [2.05, 4.69) is 24.1 Å². The maximum Gasteiger partial charge on any atom is 0.321 e. The first-order valence-corrected chi connectivity index (χ1v) is 10.9. The third-order valence-electron chi connectivity index (χ3n) is 7.32. The molecule has 0 aromatic heterocycles. The molecule has 0 bridgehead atoms. The minimum absolute atomic E-state index is 0.00669. The van der Waals surface area contributed by atoms with Crippen molar-refractivity contribution in [3.05, 3.63) is 30.3 Å². The molecule has 1 aromatic carbocycles. The summed E-state index contributed by atoms with van der Waals surface area (Å²) >= 11 is 0. The third-order valence-corrected chi connectivity index (χ3v) is 7.32. The molecule has 6 heteroatoms. The maximum atomic E-state index is 13.3. The topological polar surface area (TPSA) is 55.9 Å². The van der Waals surface area contributed by atoms with Gasteiger partial charge in [-0.3, -0.25) is 4.79 Å². The van der Waals surface area contributed by atoms with Crippen molar-refractivity contribution >= 4 is 17.6 Å². The van der Waals surface area contributed by atoms with Gasteiger partial charge in [0.2, 0.25) is 5.91 Å². The van der Waals surface area contributed by atoms with E-state index in [1.807, 2.05) is 47.2 Å². The largest absolute Gasteiger partial charge is 0.345 e. The lowest BCUT2D eigenvalue weighted by Gasteiger charge is -2.46. The number of benzene rings is 1. The fourth-order valence-electron chi connectivity index (χ4n) is 5.90. The average Bonchev–Trinajstić information content (AvgIpc) is 3.14. The van der Waals surface area contributed by atoms with Gasteiger partial charge in [0.15, 0.2) is 0 Å². The highest BCUT2D eigenvalue weighted by atomic mass is 16.2. The molecule has 0 saturated carbocycles. The highest BCUT2D eigenvalue weighted by molar-refractivity contribution is 5.89. The number of urea groups is 1. The summed E-state index contributed by atoms with van der Waals surface area (Å²) in [5.74, 6) is 0.916. The van der Waals surface area contributed by atoms with Gasteiger partial charge in [-0.25, -0.2) is 4.79 Å². The van der Waals surface area contributed by atoms with E-state index in [0.29, 0.717) is 24.9 Å². The number of nitrogens with one attached hydrogen (secondary N) is 1. The fourth-order valence-corrected chi connectivity index (χ4v) is 5.90. The van der Waals surface area contributed by atoms with Gasteiger partial charge >= 0.3 is 6.03 Å². The van der Waals surface area contributed by atoms with E-state index < -0.39 is 0 Å². The van der Waals surface area contributed by atoms with Crippen LogP contribution in [0.4, 0.5) is 10.5 Å². The molecule has 3 heterocycles. The van der Waals surface area contributed by atoms with Crippen molar-refractivity contribution in [3.63, 3.8) is 0 Å². The van der Waals surface area contributed by atoms with Crippen molar-refractivity contribution in [1.29, 1.82) is 0 Å². The predicted molar refractivity (Wildman–Crippen MR) is 115 cm³/mol. The average molecular weight is 399 g/mol. The van der Waals surface area contributed by atoms with E-state index in [1.54, 1.807) is 0 Å². The minimum atomic E-state index is -0.265. The molecule has 1 N–H and O–H groups in total. The van der Waals surface area contributed by atoms with Crippen LogP contribution in [0, 0.1) is 16.7 Å². The highest BCUT2D eigenvalue weighted by Crippen LogP contribution is 2.57. The second kappa shape index (κ2) is 7.63. The summed E-state index contributed by atoms with van der Waals surface area (Å²) in [6, 6.07) is 9.58. The fraction of sp³-hybridized carbons (Fsp3) is 0.652. The third kappa shape index (κ3) is 3.52. The molecule has 3 aliphatic heterocycles. The molecule has 3 fully saturated rings.